The van der Waals surface area contributed by atoms with E-state index in [0.29, 0.717) is 18.7 Å². The maximum atomic E-state index is 12.5. The van der Waals surface area contributed by atoms with Gasteiger partial charge in [-0.15, -0.1) is 0 Å². The van der Waals surface area contributed by atoms with Crippen LogP contribution in [0, 0.1) is 0 Å². The molecule has 0 aliphatic rings. The number of rotatable bonds is 8. The van der Waals surface area contributed by atoms with Gasteiger partial charge in [-0.2, -0.15) is 0 Å². The summed E-state index contributed by atoms with van der Waals surface area (Å²) in [4.78, 5) is 31.5. The molecule has 1 N–H and O–H groups in total. The monoisotopic (exact) mass is 330 g/mol. The number of carbonyl (C=O) groups excluding carboxylic acids is 1. The minimum absolute atomic E-state index is 0.181. The molecule has 0 unspecified atom stereocenters. The van der Waals surface area contributed by atoms with Crippen LogP contribution in [0.25, 0.3) is 11.0 Å². The fourth-order valence-electron chi connectivity index (χ4n) is 2.80. The SMILES string of the molecule is CCN(CC)CCCNC(=O)c1cc2cccnc2n(CC)c1=O. The lowest BCUT2D eigenvalue weighted by Gasteiger charge is -2.17. The quantitative estimate of drug-likeness (QED) is 0.751. The minimum atomic E-state index is -0.312. The highest BCUT2D eigenvalue weighted by atomic mass is 16.2. The molecular weight excluding hydrogens is 304 g/mol. The largest absolute Gasteiger partial charge is 0.352 e. The van der Waals surface area contributed by atoms with Crippen molar-refractivity contribution in [2.45, 2.75) is 33.7 Å². The highest BCUT2D eigenvalue weighted by Crippen LogP contribution is 2.10. The van der Waals surface area contributed by atoms with Crippen LogP contribution in [-0.2, 0) is 6.54 Å². The van der Waals surface area contributed by atoms with E-state index in [-0.39, 0.29) is 17.0 Å². The van der Waals surface area contributed by atoms with Crippen LogP contribution >= 0.6 is 0 Å². The molecule has 0 radical (unpaired) electrons. The van der Waals surface area contributed by atoms with Gasteiger partial charge in [0.05, 0.1) is 0 Å². The van der Waals surface area contributed by atoms with Crippen molar-refractivity contribution in [1.82, 2.24) is 19.8 Å². The molecule has 6 nitrogen and oxygen atoms in total. The summed E-state index contributed by atoms with van der Waals surface area (Å²) in [6, 6.07) is 5.31. The van der Waals surface area contributed by atoms with E-state index in [2.05, 4.69) is 29.0 Å². The summed E-state index contributed by atoms with van der Waals surface area (Å²) < 4.78 is 1.54. The fraction of sp³-hybridized carbons (Fsp3) is 0.500. The van der Waals surface area contributed by atoms with E-state index in [1.54, 1.807) is 22.9 Å². The number of hydrogen-bond donors (Lipinski definition) is 1. The first kappa shape index (κ1) is 18.1. The molecule has 0 spiro atoms. The Balaban J connectivity index is 2.12. The highest BCUT2D eigenvalue weighted by molar-refractivity contribution is 5.96. The van der Waals surface area contributed by atoms with Gasteiger partial charge in [0.15, 0.2) is 0 Å². The molecule has 0 saturated heterocycles. The lowest BCUT2D eigenvalue weighted by atomic mass is 10.2. The van der Waals surface area contributed by atoms with Gasteiger partial charge in [-0.25, -0.2) is 4.98 Å². The van der Waals surface area contributed by atoms with Crippen molar-refractivity contribution in [2.24, 2.45) is 0 Å². The second kappa shape index (κ2) is 8.59. The summed E-state index contributed by atoms with van der Waals surface area (Å²) in [5, 5.41) is 3.66. The van der Waals surface area contributed by atoms with Gasteiger partial charge in [0.2, 0.25) is 0 Å². The fourth-order valence-corrected chi connectivity index (χ4v) is 2.80. The summed E-state index contributed by atoms with van der Waals surface area (Å²) in [6.07, 6.45) is 2.52. The van der Waals surface area contributed by atoms with Gasteiger partial charge in [-0.05, 0) is 51.2 Å². The van der Waals surface area contributed by atoms with Gasteiger partial charge in [-0.3, -0.25) is 14.2 Å². The Hall–Kier alpha value is -2.21. The molecule has 130 valence electrons. The summed E-state index contributed by atoms with van der Waals surface area (Å²) in [5.74, 6) is -0.312. The Morgan fingerprint density at radius 3 is 2.71 bits per heavy atom. The predicted octanol–water partition coefficient (Wildman–Crippen LogP) is 1.88. The molecule has 24 heavy (non-hydrogen) atoms. The zero-order valence-corrected chi connectivity index (χ0v) is 14.7. The Bertz CT molecular complexity index is 750. The zero-order valence-electron chi connectivity index (χ0n) is 14.7. The van der Waals surface area contributed by atoms with Crippen LogP contribution < -0.4 is 10.9 Å². The summed E-state index contributed by atoms with van der Waals surface area (Å²) in [6.45, 7) is 10.1. The van der Waals surface area contributed by atoms with E-state index in [0.717, 1.165) is 31.4 Å². The van der Waals surface area contributed by atoms with Crippen LogP contribution in [-0.4, -0.2) is 46.5 Å². The number of hydrogen-bond acceptors (Lipinski definition) is 4. The number of pyridine rings is 2. The van der Waals surface area contributed by atoms with Crippen LogP contribution in [0.5, 0.6) is 0 Å². The lowest BCUT2D eigenvalue weighted by molar-refractivity contribution is 0.0950. The highest BCUT2D eigenvalue weighted by Gasteiger charge is 2.15. The second-order valence-corrected chi connectivity index (χ2v) is 5.66. The van der Waals surface area contributed by atoms with Crippen molar-refractivity contribution in [3.8, 4) is 0 Å². The number of nitrogens with zero attached hydrogens (tertiary/aromatic N) is 3. The van der Waals surface area contributed by atoms with Gasteiger partial charge in [0.1, 0.15) is 11.2 Å². The molecule has 2 aromatic heterocycles. The molecule has 0 aromatic carbocycles. The third kappa shape index (κ3) is 4.00. The Morgan fingerprint density at radius 1 is 1.29 bits per heavy atom. The van der Waals surface area contributed by atoms with Crippen LogP contribution in [0.4, 0.5) is 0 Å². The van der Waals surface area contributed by atoms with Crippen molar-refractivity contribution in [1.29, 1.82) is 0 Å². The maximum Gasteiger partial charge on any atom is 0.265 e. The molecule has 0 bridgehead atoms. The van der Waals surface area contributed by atoms with Gasteiger partial charge < -0.3 is 10.2 Å². The maximum absolute atomic E-state index is 12.5. The Morgan fingerprint density at radius 2 is 2.04 bits per heavy atom. The molecule has 6 heteroatoms. The van der Waals surface area contributed by atoms with Crippen LogP contribution in [0.1, 0.15) is 37.6 Å². The molecule has 0 atom stereocenters. The van der Waals surface area contributed by atoms with E-state index in [1.807, 2.05) is 13.0 Å². The first-order chi connectivity index (χ1) is 11.6. The standard InChI is InChI=1S/C18H26N4O2/c1-4-21(5-2)12-8-11-20-17(23)15-13-14-9-7-10-19-16(14)22(6-3)18(15)24/h7,9-10,13H,4-6,8,11-12H2,1-3H3,(H,20,23). The molecule has 2 heterocycles. The third-order valence-electron chi connectivity index (χ3n) is 4.24. The number of fused-ring (bicyclic) bond motifs is 1. The molecule has 2 rings (SSSR count). The molecule has 0 saturated carbocycles. The molecule has 1 amide bonds. The molecular formula is C18H26N4O2. The topological polar surface area (TPSA) is 67.2 Å². The van der Waals surface area contributed by atoms with E-state index >= 15 is 0 Å². The van der Waals surface area contributed by atoms with Crippen molar-refractivity contribution in [2.75, 3.05) is 26.2 Å². The number of aryl methyl sites for hydroxylation is 1. The Kier molecular flexibility index (Phi) is 6.49. The number of nitrogens with one attached hydrogen (secondary N) is 1. The summed E-state index contributed by atoms with van der Waals surface area (Å²) in [5.41, 5.74) is 0.508. The average molecular weight is 330 g/mol. The molecule has 2 aromatic rings. The van der Waals surface area contributed by atoms with E-state index in [4.69, 9.17) is 0 Å². The van der Waals surface area contributed by atoms with E-state index in [9.17, 15) is 9.59 Å². The van der Waals surface area contributed by atoms with Crippen LogP contribution in [0.3, 0.4) is 0 Å². The number of amides is 1. The van der Waals surface area contributed by atoms with Gasteiger partial charge in [0, 0.05) is 24.7 Å². The first-order valence-corrected chi connectivity index (χ1v) is 8.61. The Labute approximate surface area is 142 Å². The van der Waals surface area contributed by atoms with Gasteiger partial charge in [-0.1, -0.05) is 13.8 Å². The van der Waals surface area contributed by atoms with E-state index in [1.165, 1.54) is 0 Å². The second-order valence-electron chi connectivity index (χ2n) is 5.66. The van der Waals surface area contributed by atoms with Crippen molar-refractivity contribution in [3.63, 3.8) is 0 Å². The predicted molar refractivity (Wildman–Crippen MR) is 96.4 cm³/mol. The van der Waals surface area contributed by atoms with Gasteiger partial charge >= 0.3 is 0 Å². The molecule has 0 fully saturated rings. The average Bonchev–Trinajstić information content (AvgIpc) is 2.61. The van der Waals surface area contributed by atoms with Crippen LogP contribution in [0.15, 0.2) is 29.2 Å². The molecule has 0 aliphatic carbocycles. The summed E-state index contributed by atoms with van der Waals surface area (Å²) in [7, 11) is 0. The van der Waals surface area contributed by atoms with Crippen molar-refractivity contribution < 1.29 is 4.79 Å². The molecule has 0 aliphatic heterocycles. The van der Waals surface area contributed by atoms with E-state index < -0.39 is 0 Å². The van der Waals surface area contributed by atoms with Crippen LogP contribution in [0.2, 0.25) is 0 Å². The van der Waals surface area contributed by atoms with Crippen molar-refractivity contribution >= 4 is 16.9 Å². The first-order valence-electron chi connectivity index (χ1n) is 8.61. The normalized spacial score (nSPS) is 11.2. The number of aromatic nitrogens is 2. The van der Waals surface area contributed by atoms with Crippen molar-refractivity contribution in [3.05, 3.63) is 40.3 Å². The smallest absolute Gasteiger partial charge is 0.265 e. The lowest BCUT2D eigenvalue weighted by Crippen LogP contribution is -2.35. The third-order valence-corrected chi connectivity index (χ3v) is 4.24. The minimum Gasteiger partial charge on any atom is -0.352 e. The number of carbonyl (C=O) groups is 1. The van der Waals surface area contributed by atoms with Gasteiger partial charge in [0.25, 0.3) is 11.5 Å². The zero-order chi connectivity index (χ0) is 17.5. The summed E-state index contributed by atoms with van der Waals surface area (Å²) >= 11 is 0.